The van der Waals surface area contributed by atoms with E-state index in [-0.39, 0.29) is 16.3 Å². The fourth-order valence-corrected chi connectivity index (χ4v) is 4.23. The molecule has 1 aromatic heterocycles. The number of anilines is 1. The molecule has 0 amide bonds. The minimum absolute atomic E-state index is 0.0502. The van der Waals surface area contributed by atoms with E-state index < -0.39 is 5.82 Å². The molecule has 8 heteroatoms. The van der Waals surface area contributed by atoms with Crippen molar-refractivity contribution in [2.24, 2.45) is 5.10 Å². The van der Waals surface area contributed by atoms with Crippen LogP contribution in [0.15, 0.2) is 29.5 Å². The molecule has 2 aromatic rings. The van der Waals surface area contributed by atoms with Crippen LogP contribution >= 0.6 is 11.6 Å². The minimum Gasteiger partial charge on any atom is -0.507 e. The molecule has 150 valence electrons. The van der Waals surface area contributed by atoms with Crippen LogP contribution in [-0.4, -0.2) is 58.1 Å². The zero-order valence-electron chi connectivity index (χ0n) is 16.1. The second-order valence-electron chi connectivity index (χ2n) is 7.49. The van der Waals surface area contributed by atoms with Crippen molar-refractivity contribution in [1.82, 2.24) is 14.5 Å². The lowest BCUT2D eigenvalue weighted by Crippen LogP contribution is -2.41. The van der Waals surface area contributed by atoms with Crippen molar-refractivity contribution in [2.45, 2.75) is 32.4 Å². The van der Waals surface area contributed by atoms with Crippen molar-refractivity contribution >= 4 is 23.1 Å². The second kappa shape index (κ2) is 7.64. The predicted molar refractivity (Wildman–Crippen MR) is 110 cm³/mol. The summed E-state index contributed by atoms with van der Waals surface area (Å²) in [6.45, 7) is 6.02. The van der Waals surface area contributed by atoms with Gasteiger partial charge in [0.2, 0.25) is 0 Å². The van der Waals surface area contributed by atoms with Crippen LogP contribution in [0.25, 0.3) is 0 Å². The molecule has 3 heterocycles. The Bertz CT molecular complexity index is 889. The van der Waals surface area contributed by atoms with E-state index >= 15 is 0 Å². The molecule has 6 nitrogen and oxygen atoms in total. The van der Waals surface area contributed by atoms with E-state index in [4.69, 9.17) is 11.6 Å². The van der Waals surface area contributed by atoms with E-state index in [1.54, 1.807) is 5.01 Å². The third-order valence-electron chi connectivity index (χ3n) is 5.37. The Morgan fingerprint density at radius 3 is 2.93 bits per heavy atom. The number of phenols is 1. The fraction of sp³-hybridized carbons (Fsp3) is 0.450. The van der Waals surface area contributed by atoms with Crippen LogP contribution in [0.4, 0.5) is 10.1 Å². The normalized spacial score (nSPS) is 20.1. The van der Waals surface area contributed by atoms with Crippen molar-refractivity contribution in [3.63, 3.8) is 0 Å². The maximum atomic E-state index is 14.6. The molecule has 0 bridgehead atoms. The molecule has 2 aliphatic heterocycles. The zero-order valence-corrected chi connectivity index (χ0v) is 16.9. The standard InChI is InChI=1S/C20H25ClFN5O/c1-3-26-6-4-5-14(10-26)23-15-9-16-12-25(2)24-20(27(16)11-15)19-17(22)7-13(21)8-18(19)28/h7-9,11,14,23,28H,3-6,10,12H2,1-2H3/t14-/m1/s1. The van der Waals surface area contributed by atoms with Crippen LogP contribution in [0.5, 0.6) is 5.75 Å². The lowest BCUT2D eigenvalue weighted by Gasteiger charge is -2.32. The number of rotatable bonds is 4. The Hall–Kier alpha value is -2.25. The maximum absolute atomic E-state index is 14.6. The number of benzene rings is 1. The number of nitrogens with one attached hydrogen (secondary N) is 1. The molecule has 0 saturated carbocycles. The van der Waals surface area contributed by atoms with Crippen LogP contribution in [0, 0.1) is 5.82 Å². The summed E-state index contributed by atoms with van der Waals surface area (Å²) >= 11 is 5.86. The number of likely N-dealkylation sites (tertiary alicyclic amines) is 1. The quantitative estimate of drug-likeness (QED) is 0.817. The van der Waals surface area contributed by atoms with Gasteiger partial charge < -0.3 is 15.3 Å². The average molecular weight is 406 g/mol. The number of phenolic OH excluding ortho intramolecular Hbond substituents is 1. The van der Waals surface area contributed by atoms with Gasteiger partial charge in [0.05, 0.1) is 17.8 Å². The predicted octanol–water partition coefficient (Wildman–Crippen LogP) is 3.54. The van der Waals surface area contributed by atoms with Gasteiger partial charge in [-0.1, -0.05) is 18.5 Å². The summed E-state index contributed by atoms with van der Waals surface area (Å²) < 4.78 is 16.4. The number of aromatic nitrogens is 1. The van der Waals surface area contributed by atoms with Gasteiger partial charge in [-0.3, -0.25) is 9.58 Å². The van der Waals surface area contributed by atoms with E-state index in [9.17, 15) is 9.50 Å². The number of halogens is 2. The summed E-state index contributed by atoms with van der Waals surface area (Å²) in [7, 11) is 1.83. The number of likely N-dealkylation sites (N-methyl/N-ethyl adjacent to an activating group) is 1. The Balaban J connectivity index is 1.65. The molecule has 2 aliphatic rings. The highest BCUT2D eigenvalue weighted by molar-refractivity contribution is 6.31. The van der Waals surface area contributed by atoms with Crippen molar-refractivity contribution in [3.8, 4) is 5.75 Å². The maximum Gasteiger partial charge on any atom is 0.171 e. The van der Waals surface area contributed by atoms with Crippen molar-refractivity contribution in [3.05, 3.63) is 46.5 Å². The number of hydrogen-bond donors (Lipinski definition) is 2. The number of piperidine rings is 1. The van der Waals surface area contributed by atoms with Crippen LogP contribution in [0.3, 0.4) is 0 Å². The smallest absolute Gasteiger partial charge is 0.171 e. The summed E-state index contributed by atoms with van der Waals surface area (Å²) in [6, 6.07) is 4.98. The van der Waals surface area contributed by atoms with E-state index in [1.807, 2.05) is 17.8 Å². The van der Waals surface area contributed by atoms with Gasteiger partial charge in [-0.2, -0.15) is 5.10 Å². The number of nitrogens with zero attached hydrogens (tertiary/aromatic N) is 4. The average Bonchev–Trinajstić information content (AvgIpc) is 3.03. The summed E-state index contributed by atoms with van der Waals surface area (Å²) in [5.74, 6) is -0.472. The number of fused-ring (bicyclic) bond motifs is 1. The van der Waals surface area contributed by atoms with Crippen LogP contribution in [-0.2, 0) is 6.54 Å². The van der Waals surface area contributed by atoms with Gasteiger partial charge >= 0.3 is 0 Å². The lowest BCUT2D eigenvalue weighted by molar-refractivity contribution is 0.227. The number of hydrogen-bond acceptors (Lipinski definition) is 5. The number of hydrazone groups is 1. The molecule has 1 aromatic carbocycles. The van der Waals surface area contributed by atoms with E-state index in [2.05, 4.69) is 28.3 Å². The monoisotopic (exact) mass is 405 g/mol. The summed E-state index contributed by atoms with van der Waals surface area (Å²) in [5.41, 5.74) is 2.01. The van der Waals surface area contributed by atoms with Gasteiger partial charge in [-0.15, -0.1) is 0 Å². The van der Waals surface area contributed by atoms with Crippen molar-refractivity contribution in [1.29, 1.82) is 0 Å². The highest BCUT2D eigenvalue weighted by Crippen LogP contribution is 2.30. The van der Waals surface area contributed by atoms with Crippen molar-refractivity contribution < 1.29 is 9.50 Å². The highest BCUT2D eigenvalue weighted by atomic mass is 35.5. The molecule has 1 fully saturated rings. The fourth-order valence-electron chi connectivity index (χ4n) is 4.03. The first-order valence-electron chi connectivity index (χ1n) is 9.63. The first-order chi connectivity index (χ1) is 13.4. The summed E-state index contributed by atoms with van der Waals surface area (Å²) in [5, 5.41) is 20.3. The molecule has 28 heavy (non-hydrogen) atoms. The van der Waals surface area contributed by atoms with Crippen LogP contribution < -0.4 is 5.32 Å². The molecular weight excluding hydrogens is 381 g/mol. The van der Waals surface area contributed by atoms with Crippen LogP contribution in [0.2, 0.25) is 5.02 Å². The Morgan fingerprint density at radius 2 is 2.18 bits per heavy atom. The van der Waals surface area contributed by atoms with Crippen LogP contribution in [0.1, 0.15) is 31.0 Å². The molecule has 4 rings (SSSR count). The SMILES string of the molecule is CCN1CCC[C@@H](Nc2cc3n(c2)C(c2c(O)cc(Cl)cc2F)=NN(C)C3)C1. The Kier molecular flexibility index (Phi) is 5.21. The number of aromatic hydroxyl groups is 1. The lowest BCUT2D eigenvalue weighted by atomic mass is 10.1. The van der Waals surface area contributed by atoms with Gasteiger partial charge in [0, 0.05) is 36.5 Å². The Morgan fingerprint density at radius 1 is 1.36 bits per heavy atom. The third-order valence-corrected chi connectivity index (χ3v) is 5.58. The zero-order chi connectivity index (χ0) is 19.8. The molecule has 2 N–H and O–H groups in total. The molecule has 0 unspecified atom stereocenters. The van der Waals surface area contributed by atoms with E-state index in [1.165, 1.54) is 18.6 Å². The molecule has 0 spiro atoms. The van der Waals surface area contributed by atoms with Gasteiger partial charge in [-0.05, 0) is 44.1 Å². The van der Waals surface area contributed by atoms with Gasteiger partial charge in [0.25, 0.3) is 0 Å². The Labute approximate surface area is 169 Å². The first kappa shape index (κ1) is 19.1. The molecule has 0 aliphatic carbocycles. The molecular formula is C20H25ClFN5O. The molecule has 1 saturated heterocycles. The van der Waals surface area contributed by atoms with Gasteiger partial charge in [-0.25, -0.2) is 4.39 Å². The third kappa shape index (κ3) is 3.69. The van der Waals surface area contributed by atoms with E-state index in [0.29, 0.717) is 18.4 Å². The summed E-state index contributed by atoms with van der Waals surface area (Å²) in [6.07, 6.45) is 4.24. The van der Waals surface area contributed by atoms with Crippen molar-refractivity contribution in [2.75, 3.05) is 32.0 Å². The summed E-state index contributed by atoms with van der Waals surface area (Å²) in [4.78, 5) is 2.44. The largest absolute Gasteiger partial charge is 0.507 e. The molecule has 0 radical (unpaired) electrons. The topological polar surface area (TPSA) is 56.0 Å². The minimum atomic E-state index is -0.598. The molecule has 1 atom stereocenters. The van der Waals surface area contributed by atoms with Gasteiger partial charge in [0.15, 0.2) is 5.84 Å². The van der Waals surface area contributed by atoms with Gasteiger partial charge in [0.1, 0.15) is 11.6 Å². The first-order valence-corrected chi connectivity index (χ1v) is 10.0. The highest BCUT2D eigenvalue weighted by Gasteiger charge is 2.26. The van der Waals surface area contributed by atoms with E-state index in [0.717, 1.165) is 37.4 Å². The second-order valence-corrected chi connectivity index (χ2v) is 7.92.